The number of aryl methyl sites for hydroxylation is 1. The highest BCUT2D eigenvalue weighted by atomic mass is 32.2. The van der Waals surface area contributed by atoms with Crippen molar-refractivity contribution >= 4 is 33.6 Å². The molecule has 0 fully saturated rings. The molecule has 1 unspecified atom stereocenters. The van der Waals surface area contributed by atoms with E-state index < -0.39 is 34.2 Å². The van der Waals surface area contributed by atoms with Crippen LogP contribution >= 0.6 is 0 Å². The van der Waals surface area contributed by atoms with Crippen molar-refractivity contribution in [1.82, 2.24) is 9.71 Å². The van der Waals surface area contributed by atoms with Crippen LogP contribution in [0.5, 0.6) is 0 Å². The van der Waals surface area contributed by atoms with E-state index in [9.17, 15) is 22.3 Å². The highest BCUT2D eigenvalue weighted by Crippen LogP contribution is 2.23. The van der Waals surface area contributed by atoms with Crippen LogP contribution in [0.15, 0.2) is 42.6 Å². The SMILES string of the molecule is O=C(c1ccc2ncc(NCCO)cc2c1)c1cc(F)cc(CCCNS(=O)[O-])c1F. The fourth-order valence-electron chi connectivity index (χ4n) is 3.15. The summed E-state index contributed by atoms with van der Waals surface area (Å²) in [6.45, 7) is 0.353. The number of halogens is 2. The molecular weight excluding hydrogens is 428 g/mol. The molecule has 0 radical (unpaired) electrons. The Kier molecular flexibility index (Phi) is 7.75. The highest BCUT2D eigenvalue weighted by molar-refractivity contribution is 7.77. The third kappa shape index (κ3) is 5.88. The maximum atomic E-state index is 14.9. The molecule has 3 N–H and O–H groups in total. The molecule has 1 aromatic heterocycles. The summed E-state index contributed by atoms with van der Waals surface area (Å²) in [5, 5.41) is 12.5. The first-order valence-corrected chi connectivity index (χ1v) is 10.6. The Morgan fingerprint density at radius 3 is 2.71 bits per heavy atom. The van der Waals surface area contributed by atoms with Gasteiger partial charge >= 0.3 is 0 Å². The van der Waals surface area contributed by atoms with Crippen LogP contribution in [0.25, 0.3) is 10.9 Å². The molecule has 0 amide bonds. The second-order valence-corrected chi connectivity index (χ2v) is 7.53. The maximum absolute atomic E-state index is 14.9. The molecule has 164 valence electrons. The van der Waals surface area contributed by atoms with Crippen LogP contribution in [0.4, 0.5) is 14.5 Å². The molecular formula is C21H20F2N3O4S-. The lowest BCUT2D eigenvalue weighted by Crippen LogP contribution is -2.18. The van der Waals surface area contributed by atoms with Gasteiger partial charge in [-0.25, -0.2) is 13.5 Å². The van der Waals surface area contributed by atoms with E-state index in [4.69, 9.17) is 5.11 Å². The number of nitrogens with zero attached hydrogens (tertiary/aromatic N) is 1. The van der Waals surface area contributed by atoms with Gasteiger partial charge in [-0.2, -0.15) is 0 Å². The molecule has 10 heteroatoms. The molecule has 1 atom stereocenters. The minimum Gasteiger partial charge on any atom is -0.760 e. The molecule has 0 bridgehead atoms. The van der Waals surface area contributed by atoms with Crippen molar-refractivity contribution in [1.29, 1.82) is 0 Å². The second kappa shape index (κ2) is 10.5. The summed E-state index contributed by atoms with van der Waals surface area (Å²) in [5.74, 6) is -2.25. The van der Waals surface area contributed by atoms with Crippen LogP contribution in [-0.2, 0) is 17.7 Å². The predicted octanol–water partition coefficient (Wildman–Crippen LogP) is 2.46. The van der Waals surface area contributed by atoms with Gasteiger partial charge in [-0.3, -0.25) is 14.0 Å². The third-order valence-corrected chi connectivity index (χ3v) is 5.02. The largest absolute Gasteiger partial charge is 0.760 e. The van der Waals surface area contributed by atoms with Gasteiger partial charge in [0.25, 0.3) is 0 Å². The Morgan fingerprint density at radius 2 is 1.97 bits per heavy atom. The number of hydrogen-bond acceptors (Lipinski definition) is 6. The zero-order valence-corrected chi connectivity index (χ0v) is 17.2. The van der Waals surface area contributed by atoms with Crippen LogP contribution in [0.1, 0.15) is 27.9 Å². The molecule has 0 aliphatic carbocycles. The predicted molar refractivity (Wildman–Crippen MR) is 112 cm³/mol. The summed E-state index contributed by atoms with van der Waals surface area (Å²) in [7, 11) is 0. The average Bonchev–Trinajstić information content (AvgIpc) is 2.76. The number of aliphatic hydroxyl groups is 1. The lowest BCUT2D eigenvalue weighted by atomic mass is 9.97. The van der Waals surface area contributed by atoms with Crippen LogP contribution in [0, 0.1) is 11.6 Å². The summed E-state index contributed by atoms with van der Waals surface area (Å²) >= 11 is -2.43. The van der Waals surface area contributed by atoms with E-state index in [1.807, 2.05) is 0 Å². The molecule has 0 aliphatic rings. The van der Waals surface area contributed by atoms with Crippen molar-refractivity contribution < 1.29 is 27.4 Å². The molecule has 2 aromatic carbocycles. The van der Waals surface area contributed by atoms with Crippen molar-refractivity contribution in [3.8, 4) is 0 Å². The summed E-state index contributed by atoms with van der Waals surface area (Å²) < 4.78 is 52.1. The van der Waals surface area contributed by atoms with Gasteiger partial charge in [0.2, 0.25) is 0 Å². The molecule has 1 heterocycles. The van der Waals surface area contributed by atoms with E-state index in [1.54, 1.807) is 24.4 Å². The van der Waals surface area contributed by atoms with E-state index in [-0.39, 0.29) is 37.1 Å². The molecule has 7 nitrogen and oxygen atoms in total. The summed E-state index contributed by atoms with van der Waals surface area (Å²) in [4.78, 5) is 17.2. The number of nitrogens with one attached hydrogen (secondary N) is 2. The van der Waals surface area contributed by atoms with E-state index >= 15 is 0 Å². The first kappa shape index (κ1) is 22.9. The quantitative estimate of drug-likeness (QED) is 0.249. The third-order valence-electron chi connectivity index (χ3n) is 4.58. The Bertz CT molecular complexity index is 1130. The molecule has 3 aromatic rings. The summed E-state index contributed by atoms with van der Waals surface area (Å²) in [6.07, 6.45) is 1.90. The van der Waals surface area contributed by atoms with Gasteiger partial charge in [0, 0.05) is 35.3 Å². The number of carbonyl (C=O) groups excluding carboxylic acids is 1. The van der Waals surface area contributed by atoms with Gasteiger partial charge in [-0.1, -0.05) is 0 Å². The van der Waals surface area contributed by atoms with Gasteiger partial charge in [0.05, 0.1) is 29.6 Å². The molecule has 0 saturated carbocycles. The lowest BCUT2D eigenvalue weighted by molar-refractivity contribution is 0.103. The number of fused-ring (bicyclic) bond motifs is 1. The van der Waals surface area contributed by atoms with E-state index in [2.05, 4.69) is 15.0 Å². The van der Waals surface area contributed by atoms with E-state index in [0.717, 1.165) is 12.1 Å². The van der Waals surface area contributed by atoms with Crippen molar-refractivity contribution in [2.75, 3.05) is 25.0 Å². The number of pyridine rings is 1. The fraction of sp³-hybridized carbons (Fsp3) is 0.238. The number of aliphatic hydroxyl groups excluding tert-OH is 1. The lowest BCUT2D eigenvalue weighted by Gasteiger charge is -2.11. The van der Waals surface area contributed by atoms with Gasteiger partial charge < -0.3 is 15.0 Å². The first-order chi connectivity index (χ1) is 14.9. The molecule has 3 rings (SSSR count). The van der Waals surface area contributed by atoms with Gasteiger partial charge in [-0.05, 0) is 54.8 Å². The van der Waals surface area contributed by atoms with Crippen molar-refractivity contribution in [2.45, 2.75) is 12.8 Å². The summed E-state index contributed by atoms with van der Waals surface area (Å²) in [5.41, 5.74) is 1.05. The number of ketones is 1. The molecule has 0 saturated heterocycles. The standard InChI is InChI=1S/C21H21F2N3O4S/c22-16-9-13(2-1-5-26-31(29)30)20(23)18(11-16)21(28)14-3-4-19-15(8-14)10-17(12-25-19)24-6-7-27/h3-4,8-12,24,26-27H,1-2,5-7H2,(H,29,30)/p-1. The minimum absolute atomic E-state index is 0.000207. The zero-order chi connectivity index (χ0) is 22.4. The minimum atomic E-state index is -2.43. The maximum Gasteiger partial charge on any atom is 0.196 e. The van der Waals surface area contributed by atoms with Crippen LogP contribution in [0.2, 0.25) is 0 Å². The van der Waals surface area contributed by atoms with Crippen LogP contribution < -0.4 is 10.0 Å². The molecule has 0 aliphatic heterocycles. The number of anilines is 1. The Hall–Kier alpha value is -2.79. The normalized spacial score (nSPS) is 12.1. The number of rotatable bonds is 10. The Labute approximate surface area is 179 Å². The van der Waals surface area contributed by atoms with Gasteiger partial charge in [0.1, 0.15) is 11.6 Å². The summed E-state index contributed by atoms with van der Waals surface area (Å²) in [6, 6.07) is 8.26. The first-order valence-electron chi connectivity index (χ1n) is 9.49. The Balaban J connectivity index is 1.87. The van der Waals surface area contributed by atoms with Crippen LogP contribution in [-0.4, -0.2) is 44.3 Å². The van der Waals surface area contributed by atoms with Gasteiger partial charge in [0.15, 0.2) is 5.78 Å². The Morgan fingerprint density at radius 1 is 1.16 bits per heavy atom. The number of benzene rings is 2. The van der Waals surface area contributed by atoms with Crippen molar-refractivity contribution in [3.05, 3.63) is 70.9 Å². The fourth-order valence-corrected chi connectivity index (χ4v) is 3.46. The molecule has 31 heavy (non-hydrogen) atoms. The van der Waals surface area contributed by atoms with Crippen LogP contribution in [0.3, 0.4) is 0 Å². The van der Waals surface area contributed by atoms with Crippen molar-refractivity contribution in [3.63, 3.8) is 0 Å². The number of hydrogen-bond donors (Lipinski definition) is 3. The second-order valence-electron chi connectivity index (χ2n) is 6.77. The zero-order valence-electron chi connectivity index (χ0n) is 16.4. The van der Waals surface area contributed by atoms with Gasteiger partial charge in [-0.15, -0.1) is 0 Å². The smallest absolute Gasteiger partial charge is 0.196 e. The molecule has 0 spiro atoms. The monoisotopic (exact) mass is 448 g/mol. The average molecular weight is 448 g/mol. The van der Waals surface area contributed by atoms with Crippen molar-refractivity contribution in [2.24, 2.45) is 0 Å². The van der Waals surface area contributed by atoms with E-state index in [1.165, 1.54) is 6.07 Å². The number of carbonyl (C=O) groups is 1. The topological polar surface area (TPSA) is 114 Å². The van der Waals surface area contributed by atoms with E-state index in [0.29, 0.717) is 23.1 Å². The number of aromatic nitrogens is 1. The highest BCUT2D eigenvalue weighted by Gasteiger charge is 2.19.